The predicted octanol–water partition coefficient (Wildman–Crippen LogP) is 11.4. The molecule has 244 valence electrons. The first-order valence-corrected chi connectivity index (χ1v) is 17.7. The standard InChI is InChI=1S/C18H36O3.C18H34O2/c1-2-3-4-5-6-7-8-9-10-11-12-13-14-15-16-17(19)18(20)21;1-2-3-4-5-6-7-8-9-10-11-12-13-14-15-16-17-18(19)20/h17,19H,2-16H2,1H3,(H,20,21);9-10H,2-8,11-17H2,1H3,(H,19,20). The van der Waals surface area contributed by atoms with Crippen LogP contribution in [-0.2, 0) is 9.59 Å². The maximum atomic E-state index is 10.4. The van der Waals surface area contributed by atoms with Gasteiger partial charge in [0.2, 0.25) is 0 Å². The highest BCUT2D eigenvalue weighted by atomic mass is 16.4. The number of unbranched alkanes of at least 4 members (excludes halogenated alkanes) is 24. The van der Waals surface area contributed by atoms with Crippen LogP contribution in [0.15, 0.2) is 12.2 Å². The van der Waals surface area contributed by atoms with Crippen LogP contribution in [0.4, 0.5) is 0 Å². The Balaban J connectivity index is 0. The molecule has 3 N–H and O–H groups in total. The molecule has 5 nitrogen and oxygen atoms in total. The van der Waals surface area contributed by atoms with Gasteiger partial charge in [-0.2, -0.15) is 0 Å². The molecule has 41 heavy (non-hydrogen) atoms. The van der Waals surface area contributed by atoms with Crippen LogP contribution in [0.25, 0.3) is 0 Å². The summed E-state index contributed by atoms with van der Waals surface area (Å²) in [5.74, 6) is -1.76. The highest BCUT2D eigenvalue weighted by Crippen LogP contribution is 2.14. The average molecular weight is 583 g/mol. The largest absolute Gasteiger partial charge is 0.481 e. The normalized spacial score (nSPS) is 11.9. The van der Waals surface area contributed by atoms with E-state index in [0.717, 1.165) is 25.7 Å². The van der Waals surface area contributed by atoms with Crippen LogP contribution in [0.5, 0.6) is 0 Å². The van der Waals surface area contributed by atoms with E-state index in [1.54, 1.807) is 0 Å². The summed E-state index contributed by atoms with van der Waals surface area (Å²) in [5, 5.41) is 26.2. The minimum Gasteiger partial charge on any atom is -0.481 e. The Labute approximate surface area is 255 Å². The number of carboxylic acids is 2. The Hall–Kier alpha value is -1.36. The van der Waals surface area contributed by atoms with E-state index in [0.29, 0.717) is 12.8 Å². The third kappa shape index (κ3) is 40.8. The number of carbonyl (C=O) groups is 2. The van der Waals surface area contributed by atoms with Crippen LogP contribution in [-0.4, -0.2) is 33.4 Å². The summed E-state index contributed by atoms with van der Waals surface area (Å²) >= 11 is 0. The minimum absolute atomic E-state index is 0.332. The van der Waals surface area contributed by atoms with Crippen molar-refractivity contribution >= 4 is 11.9 Å². The van der Waals surface area contributed by atoms with E-state index in [1.165, 1.54) is 148 Å². The zero-order valence-corrected chi connectivity index (χ0v) is 27.4. The highest BCUT2D eigenvalue weighted by Gasteiger charge is 2.11. The highest BCUT2D eigenvalue weighted by molar-refractivity contribution is 5.71. The quantitative estimate of drug-likeness (QED) is 0.0558. The molecule has 0 radical (unpaired) electrons. The van der Waals surface area contributed by atoms with Crippen molar-refractivity contribution in [2.75, 3.05) is 0 Å². The number of aliphatic hydroxyl groups is 1. The molecule has 0 rings (SSSR count). The van der Waals surface area contributed by atoms with E-state index in [-0.39, 0.29) is 0 Å². The Kier molecular flexibility index (Phi) is 37.4. The van der Waals surface area contributed by atoms with Gasteiger partial charge in [0.1, 0.15) is 0 Å². The lowest BCUT2D eigenvalue weighted by Gasteiger charge is -2.05. The van der Waals surface area contributed by atoms with Crippen LogP contribution in [0, 0.1) is 0 Å². The SMILES string of the molecule is CCCCCCCCC=CCCCCCCCC(=O)O.CCCCCCCCCCCCCCCCC(O)C(=O)O. The molecule has 0 fully saturated rings. The van der Waals surface area contributed by atoms with Gasteiger partial charge in [-0.05, 0) is 38.5 Å². The number of allylic oxidation sites excluding steroid dienone is 2. The number of carboxylic acid groups (broad SMARTS) is 2. The fourth-order valence-corrected chi connectivity index (χ4v) is 5.00. The van der Waals surface area contributed by atoms with E-state index in [1.807, 2.05) is 0 Å². The van der Waals surface area contributed by atoms with Gasteiger partial charge >= 0.3 is 11.9 Å². The van der Waals surface area contributed by atoms with Gasteiger partial charge in [-0.15, -0.1) is 0 Å². The lowest BCUT2D eigenvalue weighted by Crippen LogP contribution is -2.18. The molecular weight excluding hydrogens is 512 g/mol. The fourth-order valence-electron chi connectivity index (χ4n) is 5.00. The van der Waals surface area contributed by atoms with E-state index in [4.69, 9.17) is 15.3 Å². The fraction of sp³-hybridized carbons (Fsp3) is 0.889. The van der Waals surface area contributed by atoms with Crippen LogP contribution in [0.2, 0.25) is 0 Å². The van der Waals surface area contributed by atoms with Crippen molar-refractivity contribution in [1.29, 1.82) is 0 Å². The molecule has 0 aromatic rings. The Morgan fingerprint density at radius 2 is 0.805 bits per heavy atom. The number of aliphatic carboxylic acids is 2. The minimum atomic E-state index is -1.16. The summed E-state index contributed by atoms with van der Waals surface area (Å²) < 4.78 is 0. The summed E-state index contributed by atoms with van der Waals surface area (Å²) in [6.07, 6.45) is 38.5. The zero-order valence-electron chi connectivity index (χ0n) is 27.4. The molecule has 0 saturated carbocycles. The molecule has 0 aromatic heterocycles. The maximum Gasteiger partial charge on any atom is 0.332 e. The van der Waals surface area contributed by atoms with Crippen LogP contribution < -0.4 is 0 Å². The lowest BCUT2D eigenvalue weighted by molar-refractivity contribution is -0.147. The van der Waals surface area contributed by atoms with E-state index in [9.17, 15) is 9.59 Å². The van der Waals surface area contributed by atoms with Crippen molar-refractivity contribution in [3.05, 3.63) is 12.2 Å². The lowest BCUT2D eigenvalue weighted by atomic mass is 10.0. The molecule has 1 atom stereocenters. The van der Waals surface area contributed by atoms with Gasteiger partial charge in [0, 0.05) is 6.42 Å². The molecule has 0 bridgehead atoms. The van der Waals surface area contributed by atoms with E-state index < -0.39 is 18.0 Å². The van der Waals surface area contributed by atoms with Crippen molar-refractivity contribution in [2.45, 2.75) is 206 Å². The molecule has 0 aliphatic carbocycles. The number of hydrogen-bond donors (Lipinski definition) is 3. The second-order valence-electron chi connectivity index (χ2n) is 12.0. The molecule has 5 heteroatoms. The molecule has 0 amide bonds. The van der Waals surface area contributed by atoms with E-state index in [2.05, 4.69) is 26.0 Å². The molecular formula is C36H70O5. The first kappa shape index (κ1) is 41.8. The van der Waals surface area contributed by atoms with Crippen LogP contribution in [0.3, 0.4) is 0 Å². The van der Waals surface area contributed by atoms with Gasteiger partial charge in [0.05, 0.1) is 0 Å². The smallest absolute Gasteiger partial charge is 0.332 e. The molecule has 0 saturated heterocycles. The van der Waals surface area contributed by atoms with Gasteiger partial charge in [0.15, 0.2) is 6.10 Å². The number of aliphatic hydroxyl groups excluding tert-OH is 1. The second-order valence-corrected chi connectivity index (χ2v) is 12.0. The Bertz CT molecular complexity index is 560. The van der Waals surface area contributed by atoms with Crippen molar-refractivity contribution < 1.29 is 24.9 Å². The molecule has 0 aliphatic heterocycles. The van der Waals surface area contributed by atoms with Crippen molar-refractivity contribution in [1.82, 2.24) is 0 Å². The van der Waals surface area contributed by atoms with Crippen LogP contribution >= 0.6 is 0 Å². The van der Waals surface area contributed by atoms with Crippen LogP contribution in [0.1, 0.15) is 200 Å². The Morgan fingerprint density at radius 1 is 0.488 bits per heavy atom. The monoisotopic (exact) mass is 583 g/mol. The summed E-state index contributed by atoms with van der Waals surface area (Å²) in [4.78, 5) is 20.7. The summed E-state index contributed by atoms with van der Waals surface area (Å²) in [6.45, 7) is 4.52. The maximum absolute atomic E-state index is 10.4. The predicted molar refractivity (Wildman–Crippen MR) is 176 cm³/mol. The third-order valence-electron chi connectivity index (χ3n) is 7.77. The van der Waals surface area contributed by atoms with E-state index >= 15 is 0 Å². The molecule has 0 aromatic carbocycles. The van der Waals surface area contributed by atoms with Gasteiger partial charge in [-0.25, -0.2) is 4.79 Å². The first-order valence-electron chi connectivity index (χ1n) is 17.7. The van der Waals surface area contributed by atoms with Gasteiger partial charge in [-0.3, -0.25) is 4.79 Å². The second kappa shape index (κ2) is 36.7. The number of hydrogen-bond acceptors (Lipinski definition) is 3. The number of rotatable bonds is 31. The third-order valence-corrected chi connectivity index (χ3v) is 7.77. The summed E-state index contributed by atoms with van der Waals surface area (Å²) in [7, 11) is 0. The van der Waals surface area contributed by atoms with Gasteiger partial charge < -0.3 is 15.3 Å². The topological polar surface area (TPSA) is 94.8 Å². The molecule has 0 spiro atoms. The van der Waals surface area contributed by atoms with Gasteiger partial charge in [0.25, 0.3) is 0 Å². The molecule has 0 heterocycles. The van der Waals surface area contributed by atoms with Gasteiger partial charge in [-0.1, -0.05) is 167 Å². The molecule has 1 unspecified atom stereocenters. The summed E-state index contributed by atoms with van der Waals surface area (Å²) in [5.41, 5.74) is 0. The summed E-state index contributed by atoms with van der Waals surface area (Å²) in [6, 6.07) is 0. The van der Waals surface area contributed by atoms with Crippen molar-refractivity contribution in [3.8, 4) is 0 Å². The zero-order chi connectivity index (χ0) is 30.7. The average Bonchev–Trinajstić information content (AvgIpc) is 2.95. The molecule has 0 aliphatic rings. The Morgan fingerprint density at radius 3 is 1.15 bits per heavy atom. The van der Waals surface area contributed by atoms with Crippen molar-refractivity contribution in [3.63, 3.8) is 0 Å². The first-order chi connectivity index (χ1) is 20.0. The van der Waals surface area contributed by atoms with Crippen molar-refractivity contribution in [2.24, 2.45) is 0 Å².